The highest BCUT2D eigenvalue weighted by molar-refractivity contribution is 7.71. The molecule has 1 aromatic heterocycles. The number of carbonyl (C=O) groups is 1. The molecule has 1 amide bonds. The van der Waals surface area contributed by atoms with E-state index in [9.17, 15) is 4.79 Å². The third kappa shape index (κ3) is 3.89. The van der Waals surface area contributed by atoms with E-state index in [1.54, 1.807) is 6.20 Å². The molecule has 0 spiro atoms. The second-order valence-electron chi connectivity index (χ2n) is 6.28. The normalized spacial score (nSPS) is 14.2. The number of nitrogens with one attached hydrogen (secondary N) is 2. The Labute approximate surface area is 141 Å². The Hall–Kier alpha value is -1.92. The monoisotopic (exact) mass is 330 g/mol. The van der Waals surface area contributed by atoms with Crippen LogP contribution in [-0.4, -0.2) is 41.0 Å². The molecule has 0 aliphatic heterocycles. The van der Waals surface area contributed by atoms with Crippen molar-refractivity contribution in [3.05, 3.63) is 46.5 Å². The lowest BCUT2D eigenvalue weighted by Gasteiger charge is -2.10. The van der Waals surface area contributed by atoms with Crippen LogP contribution in [0.15, 0.2) is 30.5 Å². The van der Waals surface area contributed by atoms with Crippen LogP contribution >= 0.6 is 12.2 Å². The highest BCUT2D eigenvalue weighted by atomic mass is 32.1. The summed E-state index contributed by atoms with van der Waals surface area (Å²) in [4.78, 5) is 17.6. The lowest BCUT2D eigenvalue weighted by atomic mass is 10.1. The first-order valence-corrected chi connectivity index (χ1v) is 8.30. The molecule has 0 atom stereocenters. The first kappa shape index (κ1) is 16.0. The Morgan fingerprint density at radius 1 is 1.35 bits per heavy atom. The van der Waals surface area contributed by atoms with Gasteiger partial charge in [-0.25, -0.2) is 0 Å². The van der Waals surface area contributed by atoms with E-state index >= 15 is 0 Å². The van der Waals surface area contributed by atoms with Crippen molar-refractivity contribution in [2.75, 3.05) is 26.0 Å². The molecule has 3 rings (SSSR count). The Kier molecular flexibility index (Phi) is 4.63. The zero-order valence-corrected chi connectivity index (χ0v) is 14.3. The maximum atomic E-state index is 12.5. The topological polar surface area (TPSA) is 53.1 Å². The second kappa shape index (κ2) is 6.68. The molecule has 2 N–H and O–H groups in total. The molecule has 0 radical (unpaired) electrons. The fraction of sp³-hybridized carbons (Fsp3) is 0.412. The lowest BCUT2D eigenvalue weighted by Crippen LogP contribution is -2.17. The van der Waals surface area contributed by atoms with Gasteiger partial charge in [-0.15, -0.1) is 0 Å². The maximum Gasteiger partial charge on any atom is 0.273 e. The van der Waals surface area contributed by atoms with Crippen LogP contribution in [0.2, 0.25) is 0 Å². The third-order valence-corrected chi connectivity index (χ3v) is 4.33. The van der Waals surface area contributed by atoms with Crippen LogP contribution in [0, 0.1) is 4.77 Å². The molecular weight excluding hydrogens is 308 g/mol. The molecule has 122 valence electrons. The van der Waals surface area contributed by atoms with Crippen molar-refractivity contribution in [3.8, 4) is 0 Å². The van der Waals surface area contributed by atoms with Crippen molar-refractivity contribution in [2.24, 2.45) is 0 Å². The van der Waals surface area contributed by atoms with E-state index in [-0.39, 0.29) is 5.91 Å². The van der Waals surface area contributed by atoms with E-state index in [2.05, 4.69) is 41.4 Å². The number of carbonyl (C=O) groups excluding carboxylic acids is 1. The number of benzene rings is 1. The molecule has 0 unspecified atom stereocenters. The fourth-order valence-corrected chi connectivity index (χ4v) is 2.86. The summed E-state index contributed by atoms with van der Waals surface area (Å²) in [5, 5.41) is 2.95. The predicted molar refractivity (Wildman–Crippen MR) is 94.5 cm³/mol. The molecule has 5 nitrogen and oxygen atoms in total. The van der Waals surface area contributed by atoms with Gasteiger partial charge >= 0.3 is 0 Å². The lowest BCUT2D eigenvalue weighted by molar-refractivity contribution is 0.101. The molecule has 1 fully saturated rings. The zero-order valence-electron chi connectivity index (χ0n) is 13.5. The first-order chi connectivity index (χ1) is 11.0. The van der Waals surface area contributed by atoms with Crippen LogP contribution in [-0.2, 0) is 6.42 Å². The van der Waals surface area contributed by atoms with Crippen molar-refractivity contribution < 1.29 is 4.79 Å². The summed E-state index contributed by atoms with van der Waals surface area (Å²) in [7, 11) is 4.13. The van der Waals surface area contributed by atoms with Gasteiger partial charge in [0.1, 0.15) is 5.69 Å². The Morgan fingerprint density at radius 3 is 2.65 bits per heavy atom. The van der Waals surface area contributed by atoms with E-state index in [1.165, 1.54) is 5.56 Å². The smallest absolute Gasteiger partial charge is 0.273 e. The summed E-state index contributed by atoms with van der Waals surface area (Å²) in [6.07, 6.45) is 4.88. The Bertz CT molecular complexity index is 741. The van der Waals surface area contributed by atoms with Gasteiger partial charge in [-0.2, -0.15) is 0 Å². The van der Waals surface area contributed by atoms with Crippen LogP contribution in [0.4, 0.5) is 5.69 Å². The Balaban J connectivity index is 1.67. The summed E-state index contributed by atoms with van der Waals surface area (Å²) in [6, 6.07) is 8.40. The molecule has 1 aromatic carbocycles. The summed E-state index contributed by atoms with van der Waals surface area (Å²) < 4.78 is 2.55. The first-order valence-electron chi connectivity index (χ1n) is 7.89. The largest absolute Gasteiger partial charge is 0.337 e. The predicted octanol–water partition coefficient (Wildman–Crippen LogP) is 3.24. The van der Waals surface area contributed by atoms with Gasteiger partial charge in [0.25, 0.3) is 5.91 Å². The standard InChI is InChI=1S/C17H22N4OS/c1-20(2)10-9-12-3-5-13(6-4-12)19-16(22)15-11-18-17(23)21(15)14-7-8-14/h3-6,11,14H,7-10H2,1-2H3,(H,18,23)(H,19,22). The molecule has 23 heavy (non-hydrogen) atoms. The molecule has 2 aromatic rings. The van der Waals surface area contributed by atoms with Gasteiger partial charge in [0, 0.05) is 24.5 Å². The van der Waals surface area contributed by atoms with Crippen LogP contribution in [0.25, 0.3) is 0 Å². The molecule has 6 heteroatoms. The zero-order chi connectivity index (χ0) is 16.4. The molecule has 0 saturated heterocycles. The minimum atomic E-state index is -0.120. The van der Waals surface area contributed by atoms with Gasteiger partial charge in [-0.3, -0.25) is 4.79 Å². The number of amides is 1. The average Bonchev–Trinajstić information content (AvgIpc) is 3.28. The number of anilines is 1. The second-order valence-corrected chi connectivity index (χ2v) is 6.67. The van der Waals surface area contributed by atoms with Gasteiger partial charge in [0.05, 0.1) is 0 Å². The molecule has 1 heterocycles. The van der Waals surface area contributed by atoms with Crippen LogP contribution in [0.3, 0.4) is 0 Å². The molecule has 1 saturated carbocycles. The molecule has 1 aliphatic carbocycles. The van der Waals surface area contributed by atoms with E-state index in [1.807, 2.05) is 16.7 Å². The number of hydrogen-bond acceptors (Lipinski definition) is 3. The van der Waals surface area contributed by atoms with Gasteiger partial charge in [0.2, 0.25) is 0 Å². The van der Waals surface area contributed by atoms with E-state index in [4.69, 9.17) is 12.2 Å². The maximum absolute atomic E-state index is 12.5. The molecule has 0 bridgehead atoms. The van der Waals surface area contributed by atoms with Crippen molar-refractivity contribution in [1.29, 1.82) is 0 Å². The van der Waals surface area contributed by atoms with Gasteiger partial charge in [0.15, 0.2) is 4.77 Å². The van der Waals surface area contributed by atoms with Crippen molar-refractivity contribution >= 4 is 23.8 Å². The number of likely N-dealkylation sites (N-methyl/N-ethyl adjacent to an activating group) is 1. The number of aromatic amines is 1. The highest BCUT2D eigenvalue weighted by Crippen LogP contribution is 2.36. The van der Waals surface area contributed by atoms with Crippen molar-refractivity contribution in [2.45, 2.75) is 25.3 Å². The van der Waals surface area contributed by atoms with Crippen LogP contribution in [0.5, 0.6) is 0 Å². The minimum Gasteiger partial charge on any atom is -0.337 e. The van der Waals surface area contributed by atoms with Crippen LogP contribution in [0.1, 0.15) is 34.9 Å². The number of aromatic nitrogens is 2. The highest BCUT2D eigenvalue weighted by Gasteiger charge is 2.28. The minimum absolute atomic E-state index is 0.120. The summed E-state index contributed by atoms with van der Waals surface area (Å²) in [5.74, 6) is -0.120. The number of H-pyrrole nitrogens is 1. The number of nitrogens with zero attached hydrogens (tertiary/aromatic N) is 2. The van der Waals surface area contributed by atoms with E-state index < -0.39 is 0 Å². The molecular formula is C17H22N4OS. The fourth-order valence-electron chi connectivity index (χ4n) is 2.55. The van der Waals surface area contributed by atoms with Crippen molar-refractivity contribution in [1.82, 2.24) is 14.5 Å². The van der Waals surface area contributed by atoms with Crippen molar-refractivity contribution in [3.63, 3.8) is 0 Å². The number of hydrogen-bond donors (Lipinski definition) is 2. The quantitative estimate of drug-likeness (QED) is 0.800. The van der Waals surface area contributed by atoms with E-state index in [0.717, 1.165) is 31.5 Å². The average molecular weight is 330 g/mol. The summed E-state index contributed by atoms with van der Waals surface area (Å²) in [6.45, 7) is 1.01. The van der Waals surface area contributed by atoms with E-state index in [0.29, 0.717) is 16.5 Å². The number of imidazole rings is 1. The summed E-state index contributed by atoms with van der Waals surface area (Å²) in [5.41, 5.74) is 2.67. The molecule has 1 aliphatic rings. The van der Waals surface area contributed by atoms with Crippen LogP contribution < -0.4 is 5.32 Å². The van der Waals surface area contributed by atoms with Gasteiger partial charge in [-0.1, -0.05) is 12.1 Å². The number of rotatable bonds is 6. The van der Waals surface area contributed by atoms with Gasteiger partial charge < -0.3 is 19.8 Å². The van der Waals surface area contributed by atoms with Gasteiger partial charge in [-0.05, 0) is 63.3 Å². The summed E-state index contributed by atoms with van der Waals surface area (Å²) >= 11 is 5.26. The Morgan fingerprint density at radius 2 is 2.04 bits per heavy atom. The third-order valence-electron chi connectivity index (χ3n) is 4.01. The SMILES string of the molecule is CN(C)CCc1ccc(NC(=O)c2c[nH]c(=S)n2C2CC2)cc1.